The molecule has 2 fully saturated rings. The number of hydrogen-bond donors (Lipinski definition) is 2. The number of H-pyrrole nitrogens is 1. The monoisotopic (exact) mass is 236 g/mol. The highest BCUT2D eigenvalue weighted by Gasteiger charge is 2.51. The van der Waals surface area contributed by atoms with Gasteiger partial charge in [0.2, 0.25) is 0 Å². The summed E-state index contributed by atoms with van der Waals surface area (Å²) >= 11 is 0. The smallest absolute Gasteiger partial charge is 0.295 e. The van der Waals surface area contributed by atoms with Gasteiger partial charge in [-0.2, -0.15) is 5.21 Å². The van der Waals surface area contributed by atoms with Gasteiger partial charge in [-0.05, 0) is 30.9 Å². The van der Waals surface area contributed by atoms with Crippen LogP contribution in [-0.4, -0.2) is 56.6 Å². The molecule has 7 nitrogen and oxygen atoms in total. The van der Waals surface area contributed by atoms with Gasteiger partial charge < -0.3 is 10.2 Å². The molecule has 92 valence electrons. The van der Waals surface area contributed by atoms with Crippen molar-refractivity contribution in [1.82, 2.24) is 30.8 Å². The lowest BCUT2D eigenvalue weighted by Gasteiger charge is -2.34. The molecule has 0 aromatic carbocycles. The van der Waals surface area contributed by atoms with Crippen molar-refractivity contribution in [3.63, 3.8) is 0 Å². The van der Waals surface area contributed by atoms with E-state index in [1.165, 1.54) is 0 Å². The fourth-order valence-corrected chi connectivity index (χ4v) is 3.14. The van der Waals surface area contributed by atoms with Crippen LogP contribution in [0.5, 0.6) is 0 Å². The number of carbonyl (C=O) groups is 1. The highest BCUT2D eigenvalue weighted by Crippen LogP contribution is 2.40. The molecule has 0 bridgehead atoms. The van der Waals surface area contributed by atoms with Crippen LogP contribution in [0.25, 0.3) is 0 Å². The number of carbonyl (C=O) groups excluding carboxylic acids is 1. The molecule has 0 spiro atoms. The first-order chi connectivity index (χ1) is 8.10. The maximum Gasteiger partial charge on any atom is 0.295 e. The molecule has 2 aliphatic rings. The number of likely N-dealkylation sites (tertiary alicyclic amines) is 1. The molecule has 1 amide bonds. The number of aromatic amines is 1. The minimum Gasteiger partial charge on any atom is -0.330 e. The predicted octanol–water partition coefficient (Wildman–Crippen LogP) is -0.730. The normalized spacial score (nSPS) is 30.6. The van der Waals surface area contributed by atoms with Gasteiger partial charge in [0.05, 0.1) is 0 Å². The molecule has 7 heteroatoms. The largest absolute Gasteiger partial charge is 0.330 e. The van der Waals surface area contributed by atoms with Crippen LogP contribution in [0.1, 0.15) is 24.5 Å². The molecule has 2 aliphatic heterocycles. The maximum atomic E-state index is 12.3. The van der Waals surface area contributed by atoms with Crippen LogP contribution in [0.2, 0.25) is 0 Å². The van der Waals surface area contributed by atoms with Gasteiger partial charge in [-0.25, -0.2) is 0 Å². The van der Waals surface area contributed by atoms with Crippen LogP contribution in [0.4, 0.5) is 0 Å². The van der Waals surface area contributed by atoms with Crippen molar-refractivity contribution in [2.45, 2.75) is 19.4 Å². The van der Waals surface area contributed by atoms with E-state index in [0.29, 0.717) is 11.8 Å². The molecular formula is C10H16N6O. The summed E-state index contributed by atoms with van der Waals surface area (Å²) in [6, 6.07) is 0. The van der Waals surface area contributed by atoms with Crippen molar-refractivity contribution in [1.29, 1.82) is 0 Å². The van der Waals surface area contributed by atoms with Gasteiger partial charge >= 0.3 is 0 Å². The lowest BCUT2D eigenvalue weighted by atomic mass is 9.85. The Hall–Kier alpha value is -1.50. The van der Waals surface area contributed by atoms with Crippen LogP contribution in [0, 0.1) is 11.8 Å². The van der Waals surface area contributed by atoms with Gasteiger partial charge in [0.25, 0.3) is 11.7 Å². The molecule has 2 saturated heterocycles. The molecule has 0 aliphatic carbocycles. The van der Waals surface area contributed by atoms with E-state index in [1.54, 1.807) is 0 Å². The average molecular weight is 236 g/mol. The summed E-state index contributed by atoms with van der Waals surface area (Å²) < 4.78 is 0. The van der Waals surface area contributed by atoms with Crippen molar-refractivity contribution in [3.05, 3.63) is 5.82 Å². The van der Waals surface area contributed by atoms with Gasteiger partial charge in [-0.15, -0.1) is 10.2 Å². The number of tetrazole rings is 1. The highest BCUT2D eigenvalue weighted by atomic mass is 16.2. The summed E-state index contributed by atoms with van der Waals surface area (Å²) in [5, 5.41) is 16.7. The predicted molar refractivity (Wildman–Crippen MR) is 59.1 cm³/mol. The van der Waals surface area contributed by atoms with Crippen molar-refractivity contribution in [2.24, 2.45) is 11.8 Å². The third-order valence-corrected chi connectivity index (χ3v) is 4.14. The molecule has 2 unspecified atom stereocenters. The molecule has 3 rings (SSSR count). The zero-order valence-electron chi connectivity index (χ0n) is 9.97. The van der Waals surface area contributed by atoms with Gasteiger partial charge in [0.1, 0.15) is 0 Å². The van der Waals surface area contributed by atoms with E-state index in [2.05, 4.69) is 39.8 Å². The fourth-order valence-electron chi connectivity index (χ4n) is 3.14. The SMILES string of the molecule is CC1(C)C2CNCC2CN1C(=O)c1nn[nH]n1. The first kappa shape index (κ1) is 10.6. The minimum atomic E-state index is -0.147. The Morgan fingerprint density at radius 1 is 1.47 bits per heavy atom. The lowest BCUT2D eigenvalue weighted by molar-refractivity contribution is 0.0590. The third-order valence-electron chi connectivity index (χ3n) is 4.14. The molecule has 0 radical (unpaired) electrons. The van der Waals surface area contributed by atoms with E-state index < -0.39 is 0 Å². The van der Waals surface area contributed by atoms with Crippen molar-refractivity contribution in [2.75, 3.05) is 19.6 Å². The quantitative estimate of drug-likeness (QED) is 0.671. The first-order valence-electron chi connectivity index (χ1n) is 5.87. The number of nitrogens with zero attached hydrogens (tertiary/aromatic N) is 4. The number of nitrogens with one attached hydrogen (secondary N) is 2. The van der Waals surface area contributed by atoms with Gasteiger partial charge in [-0.3, -0.25) is 4.79 Å². The highest BCUT2D eigenvalue weighted by molar-refractivity contribution is 5.91. The number of hydrogen-bond acceptors (Lipinski definition) is 5. The second kappa shape index (κ2) is 3.49. The first-order valence-corrected chi connectivity index (χ1v) is 5.87. The average Bonchev–Trinajstić information content (AvgIpc) is 2.97. The third kappa shape index (κ3) is 1.45. The standard InChI is InChI=1S/C10H16N6O/c1-10(2)7-4-11-3-6(7)5-16(10)9(17)8-12-14-15-13-8/h6-7,11H,3-5H2,1-2H3,(H,12,13,14,15). The van der Waals surface area contributed by atoms with Gasteiger partial charge in [0.15, 0.2) is 0 Å². The molecule has 1 aromatic heterocycles. The van der Waals surface area contributed by atoms with E-state index in [9.17, 15) is 4.79 Å². The molecule has 2 atom stereocenters. The Labute approximate surface area is 98.9 Å². The van der Waals surface area contributed by atoms with Gasteiger partial charge in [0, 0.05) is 25.2 Å². The van der Waals surface area contributed by atoms with Crippen molar-refractivity contribution >= 4 is 5.91 Å². The molecule has 2 N–H and O–H groups in total. The molecule has 3 heterocycles. The van der Waals surface area contributed by atoms with Crippen LogP contribution in [0.3, 0.4) is 0 Å². The molecule has 1 aromatic rings. The Bertz CT molecular complexity index is 428. The fraction of sp³-hybridized carbons (Fsp3) is 0.800. The topological polar surface area (TPSA) is 86.8 Å². The Balaban J connectivity index is 1.87. The summed E-state index contributed by atoms with van der Waals surface area (Å²) in [7, 11) is 0. The van der Waals surface area contributed by atoms with E-state index in [1.807, 2.05) is 4.90 Å². The maximum absolute atomic E-state index is 12.3. The second-order valence-corrected chi connectivity index (χ2v) is 5.33. The van der Waals surface area contributed by atoms with Crippen molar-refractivity contribution < 1.29 is 4.79 Å². The second-order valence-electron chi connectivity index (χ2n) is 5.33. The molecular weight excluding hydrogens is 220 g/mol. The van der Waals surface area contributed by atoms with Crippen LogP contribution in [0.15, 0.2) is 0 Å². The zero-order chi connectivity index (χ0) is 12.0. The van der Waals surface area contributed by atoms with E-state index in [4.69, 9.17) is 0 Å². The number of aromatic nitrogens is 4. The summed E-state index contributed by atoms with van der Waals surface area (Å²) in [5.41, 5.74) is -0.147. The summed E-state index contributed by atoms with van der Waals surface area (Å²) in [6.45, 7) is 6.97. The van der Waals surface area contributed by atoms with Gasteiger partial charge in [-0.1, -0.05) is 0 Å². The zero-order valence-corrected chi connectivity index (χ0v) is 9.97. The molecule has 0 saturated carbocycles. The Morgan fingerprint density at radius 2 is 2.29 bits per heavy atom. The van der Waals surface area contributed by atoms with E-state index >= 15 is 0 Å². The summed E-state index contributed by atoms with van der Waals surface area (Å²) in [5.74, 6) is 1.09. The van der Waals surface area contributed by atoms with E-state index in [0.717, 1.165) is 19.6 Å². The summed E-state index contributed by atoms with van der Waals surface area (Å²) in [6.07, 6.45) is 0. The van der Waals surface area contributed by atoms with Crippen LogP contribution < -0.4 is 5.32 Å². The number of rotatable bonds is 1. The Morgan fingerprint density at radius 3 is 2.94 bits per heavy atom. The van der Waals surface area contributed by atoms with Crippen LogP contribution >= 0.6 is 0 Å². The summed E-state index contributed by atoms with van der Waals surface area (Å²) in [4.78, 5) is 14.2. The number of fused-ring (bicyclic) bond motifs is 1. The lowest BCUT2D eigenvalue weighted by Crippen LogP contribution is -2.48. The minimum absolute atomic E-state index is 0.127. The molecule has 17 heavy (non-hydrogen) atoms. The Kier molecular flexibility index (Phi) is 2.19. The number of amides is 1. The van der Waals surface area contributed by atoms with Crippen molar-refractivity contribution in [3.8, 4) is 0 Å². The van der Waals surface area contributed by atoms with E-state index in [-0.39, 0.29) is 17.3 Å². The van der Waals surface area contributed by atoms with Crippen LogP contribution in [-0.2, 0) is 0 Å².